The summed E-state index contributed by atoms with van der Waals surface area (Å²) in [5.41, 5.74) is 0. The maximum absolute atomic E-state index is 11.8. The first-order valence-electron chi connectivity index (χ1n) is 3.86. The van der Waals surface area contributed by atoms with E-state index in [0.717, 1.165) is 5.19 Å². The third-order valence-electron chi connectivity index (χ3n) is 1.54. The van der Waals surface area contributed by atoms with E-state index < -0.39 is 15.9 Å². The molecule has 1 aromatic carbocycles. The van der Waals surface area contributed by atoms with Gasteiger partial charge in [-0.15, -0.1) is 13.2 Å². The second-order valence-corrected chi connectivity index (χ2v) is 4.07. The molecule has 0 aromatic heterocycles. The van der Waals surface area contributed by atoms with Crippen molar-refractivity contribution in [3.05, 3.63) is 24.3 Å². The second kappa shape index (κ2) is 3.82. The quantitative estimate of drug-likeness (QED) is 0.665. The van der Waals surface area contributed by atoms with Gasteiger partial charge in [-0.1, -0.05) is 23.9 Å². The van der Waals surface area contributed by atoms with E-state index in [9.17, 15) is 13.2 Å². The minimum atomic E-state index is -4.59. The van der Waals surface area contributed by atoms with Crippen LogP contribution < -0.4 is 9.92 Å². The number of halogens is 3. The molecule has 0 saturated heterocycles. The van der Waals surface area contributed by atoms with Crippen molar-refractivity contribution in [2.24, 2.45) is 0 Å². The fraction of sp³-hybridized carbons (Fsp3) is 0.250. The first kappa shape index (κ1) is 10.1. The molecule has 1 aromatic rings. The summed E-state index contributed by atoms with van der Waals surface area (Å²) in [7, 11) is -0.431. The summed E-state index contributed by atoms with van der Waals surface area (Å²) < 4.78 is 39.1. The molecule has 0 spiro atoms. The van der Waals surface area contributed by atoms with Gasteiger partial charge in [-0.3, -0.25) is 0 Å². The van der Waals surface area contributed by atoms with Gasteiger partial charge in [0.2, 0.25) is 0 Å². The number of benzene rings is 1. The Morgan fingerprint density at radius 3 is 2.54 bits per heavy atom. The molecule has 72 valence electrons. The van der Waals surface area contributed by atoms with Crippen molar-refractivity contribution in [3.8, 4) is 5.75 Å². The lowest BCUT2D eigenvalue weighted by atomic mass is 10.3. The summed E-state index contributed by atoms with van der Waals surface area (Å²) in [5, 5.41) is 0.960. The summed E-state index contributed by atoms with van der Waals surface area (Å²) in [6.45, 7) is 2.01. The van der Waals surface area contributed by atoms with Crippen molar-refractivity contribution in [1.29, 1.82) is 0 Å². The van der Waals surface area contributed by atoms with Crippen molar-refractivity contribution < 1.29 is 17.9 Å². The lowest BCUT2D eigenvalue weighted by Crippen LogP contribution is -2.19. The van der Waals surface area contributed by atoms with Crippen LogP contribution in [0.2, 0.25) is 6.55 Å². The molecule has 0 atom stereocenters. The van der Waals surface area contributed by atoms with Gasteiger partial charge in [0.15, 0.2) is 0 Å². The number of hydrogen-bond donors (Lipinski definition) is 0. The zero-order chi connectivity index (χ0) is 9.90. The van der Waals surface area contributed by atoms with Crippen LogP contribution in [0.4, 0.5) is 13.2 Å². The van der Waals surface area contributed by atoms with Gasteiger partial charge in [-0.05, 0) is 12.1 Å². The molecule has 5 heteroatoms. The van der Waals surface area contributed by atoms with Crippen LogP contribution in [0.15, 0.2) is 24.3 Å². The lowest BCUT2D eigenvalue weighted by Gasteiger charge is -2.09. The highest BCUT2D eigenvalue weighted by Crippen LogP contribution is 2.20. The van der Waals surface area contributed by atoms with Gasteiger partial charge in [0.1, 0.15) is 5.75 Å². The molecule has 0 aliphatic rings. The highest BCUT2D eigenvalue weighted by atomic mass is 28.2. The maximum atomic E-state index is 11.8. The predicted molar refractivity (Wildman–Crippen MR) is 47.2 cm³/mol. The normalized spacial score (nSPS) is 12.3. The van der Waals surface area contributed by atoms with Gasteiger partial charge < -0.3 is 4.74 Å². The lowest BCUT2D eigenvalue weighted by molar-refractivity contribution is -0.274. The minimum Gasteiger partial charge on any atom is -0.406 e. The van der Waals surface area contributed by atoms with Gasteiger partial charge in [0.25, 0.3) is 0 Å². The first-order valence-corrected chi connectivity index (χ1v) is 5.98. The zero-order valence-corrected chi connectivity index (χ0v) is 8.47. The molecule has 0 radical (unpaired) electrons. The van der Waals surface area contributed by atoms with Crippen LogP contribution in [0, 0.1) is 0 Å². The van der Waals surface area contributed by atoms with Crippen LogP contribution >= 0.6 is 0 Å². The molecule has 0 N–H and O–H groups in total. The summed E-state index contributed by atoms with van der Waals surface area (Å²) >= 11 is 0. The molecule has 0 heterocycles. The van der Waals surface area contributed by atoms with Gasteiger partial charge in [-0.25, -0.2) is 0 Å². The van der Waals surface area contributed by atoms with E-state index >= 15 is 0 Å². The average Bonchev–Trinajstić information content (AvgIpc) is 2.01. The molecule has 0 amide bonds. The van der Waals surface area contributed by atoms with Gasteiger partial charge >= 0.3 is 6.36 Å². The Hall–Kier alpha value is -0.973. The third kappa shape index (κ3) is 3.50. The van der Waals surface area contributed by atoms with E-state index in [1.165, 1.54) is 12.1 Å². The zero-order valence-electron chi connectivity index (χ0n) is 7.06. The van der Waals surface area contributed by atoms with Crippen molar-refractivity contribution in [3.63, 3.8) is 0 Å². The van der Waals surface area contributed by atoms with Gasteiger partial charge in [0, 0.05) is 0 Å². The topological polar surface area (TPSA) is 9.23 Å². The van der Waals surface area contributed by atoms with E-state index in [0.29, 0.717) is 0 Å². The number of alkyl halides is 3. The molecule has 0 unspecified atom stereocenters. The van der Waals surface area contributed by atoms with Crippen molar-refractivity contribution in [1.82, 2.24) is 0 Å². The summed E-state index contributed by atoms with van der Waals surface area (Å²) in [5.74, 6) is -0.126. The smallest absolute Gasteiger partial charge is 0.406 e. The van der Waals surface area contributed by atoms with Crippen molar-refractivity contribution >= 4 is 14.7 Å². The second-order valence-electron chi connectivity index (χ2n) is 2.55. The highest BCUT2D eigenvalue weighted by molar-refractivity contribution is 6.51. The molecule has 13 heavy (non-hydrogen) atoms. The van der Waals surface area contributed by atoms with E-state index in [1.54, 1.807) is 6.07 Å². The number of ether oxygens (including phenoxy) is 1. The summed E-state index contributed by atoms with van der Waals surface area (Å²) in [6.07, 6.45) is -4.59. The maximum Gasteiger partial charge on any atom is 0.573 e. The standard InChI is InChI=1S/C8H9F3OSi/c1-13-7-4-2-3-6(5-7)12-8(9,10)11/h2-5H,13H2,1H3. The Kier molecular flexibility index (Phi) is 2.97. The molecular formula is C8H9F3OSi. The van der Waals surface area contributed by atoms with Crippen LogP contribution in [0.25, 0.3) is 0 Å². The van der Waals surface area contributed by atoms with Crippen LogP contribution in [0.5, 0.6) is 5.75 Å². The fourth-order valence-corrected chi connectivity index (χ4v) is 1.74. The van der Waals surface area contributed by atoms with Crippen LogP contribution in [-0.2, 0) is 0 Å². The average molecular weight is 206 g/mol. The third-order valence-corrected chi connectivity index (χ3v) is 2.80. The Morgan fingerprint density at radius 1 is 1.31 bits per heavy atom. The van der Waals surface area contributed by atoms with Crippen molar-refractivity contribution in [2.75, 3.05) is 0 Å². The van der Waals surface area contributed by atoms with E-state index in [1.807, 2.05) is 12.6 Å². The summed E-state index contributed by atoms with van der Waals surface area (Å²) in [4.78, 5) is 0. The molecule has 0 aliphatic carbocycles. The highest BCUT2D eigenvalue weighted by Gasteiger charge is 2.30. The molecule has 0 aliphatic heterocycles. The van der Waals surface area contributed by atoms with Gasteiger partial charge in [-0.2, -0.15) is 0 Å². The van der Waals surface area contributed by atoms with Crippen LogP contribution in [-0.4, -0.2) is 15.9 Å². The summed E-state index contributed by atoms with van der Waals surface area (Å²) in [6, 6.07) is 6.14. The molecule has 1 nitrogen and oxygen atoms in total. The van der Waals surface area contributed by atoms with E-state index in [-0.39, 0.29) is 5.75 Å². The van der Waals surface area contributed by atoms with Crippen molar-refractivity contribution in [2.45, 2.75) is 12.9 Å². The number of rotatable bonds is 2. The fourth-order valence-electron chi connectivity index (χ4n) is 0.963. The monoisotopic (exact) mass is 206 g/mol. The molecular weight excluding hydrogens is 197 g/mol. The van der Waals surface area contributed by atoms with E-state index in [2.05, 4.69) is 4.74 Å². The minimum absolute atomic E-state index is 0.126. The Morgan fingerprint density at radius 2 is 2.00 bits per heavy atom. The first-order chi connectivity index (χ1) is 6.01. The largest absolute Gasteiger partial charge is 0.573 e. The number of hydrogen-bond acceptors (Lipinski definition) is 1. The Balaban J connectivity index is 2.78. The molecule has 0 saturated carbocycles. The predicted octanol–water partition coefficient (Wildman–Crippen LogP) is 1.43. The molecule has 0 fully saturated rings. The molecule has 1 rings (SSSR count). The Bertz CT molecular complexity index is 285. The van der Waals surface area contributed by atoms with E-state index in [4.69, 9.17) is 0 Å². The SMILES string of the molecule is C[SiH2]c1cccc(OC(F)(F)F)c1. The van der Waals surface area contributed by atoms with Gasteiger partial charge in [0.05, 0.1) is 9.52 Å². The Labute approximate surface area is 76.3 Å². The molecule has 0 bridgehead atoms. The van der Waals surface area contributed by atoms with Crippen LogP contribution in [0.1, 0.15) is 0 Å². The van der Waals surface area contributed by atoms with Crippen LogP contribution in [0.3, 0.4) is 0 Å².